The van der Waals surface area contributed by atoms with E-state index in [-0.39, 0.29) is 16.7 Å². The molecule has 30 heavy (non-hydrogen) atoms. The average Bonchev–Trinajstić information content (AvgIpc) is 2.67. The molecule has 0 radical (unpaired) electrons. The highest BCUT2D eigenvalue weighted by molar-refractivity contribution is 5.85. The van der Waals surface area contributed by atoms with Gasteiger partial charge in [-0.1, -0.05) is 65.7 Å². The fourth-order valence-corrected chi connectivity index (χ4v) is 3.83. The van der Waals surface area contributed by atoms with Crippen molar-refractivity contribution < 1.29 is 9.90 Å². The molecule has 4 heteroatoms. The van der Waals surface area contributed by atoms with Crippen molar-refractivity contribution in [3.8, 4) is 11.3 Å². The van der Waals surface area contributed by atoms with E-state index >= 15 is 0 Å². The lowest BCUT2D eigenvalue weighted by atomic mass is 9.79. The molecule has 0 unspecified atom stereocenters. The van der Waals surface area contributed by atoms with Gasteiger partial charge in [-0.25, -0.2) is 14.8 Å². The van der Waals surface area contributed by atoms with Crippen molar-refractivity contribution in [3.63, 3.8) is 0 Å². The van der Waals surface area contributed by atoms with Gasteiger partial charge in [0.2, 0.25) is 5.82 Å². The first-order valence-corrected chi connectivity index (χ1v) is 10.9. The van der Waals surface area contributed by atoms with E-state index in [2.05, 4.69) is 75.8 Å². The second kappa shape index (κ2) is 8.33. The summed E-state index contributed by atoms with van der Waals surface area (Å²) in [7, 11) is 0. The first-order chi connectivity index (χ1) is 13.9. The Morgan fingerprint density at radius 3 is 2.00 bits per heavy atom. The van der Waals surface area contributed by atoms with Crippen LogP contribution in [0.1, 0.15) is 101 Å². The molecule has 0 saturated heterocycles. The molecule has 1 aromatic heterocycles. The minimum absolute atomic E-state index is 0.0271. The van der Waals surface area contributed by atoms with Crippen LogP contribution in [0.2, 0.25) is 0 Å². The molecule has 160 valence electrons. The minimum Gasteiger partial charge on any atom is -0.475 e. The number of carbonyl (C=O) groups is 1. The monoisotopic (exact) mass is 406 g/mol. The normalized spacial score (nSPS) is 15.2. The maximum atomic E-state index is 11.6. The van der Waals surface area contributed by atoms with Crippen molar-refractivity contribution in [2.45, 2.75) is 84.5 Å². The molecule has 0 bridgehead atoms. The fraction of sp³-hybridized carbons (Fsp3) is 0.500. The highest BCUT2D eigenvalue weighted by atomic mass is 16.4. The maximum absolute atomic E-state index is 11.6. The molecule has 0 spiro atoms. The van der Waals surface area contributed by atoms with Crippen LogP contribution in [0.15, 0.2) is 30.0 Å². The average molecular weight is 407 g/mol. The van der Waals surface area contributed by atoms with Gasteiger partial charge in [-0.15, -0.1) is 0 Å². The number of rotatable bonds is 3. The minimum atomic E-state index is -1.10. The van der Waals surface area contributed by atoms with Crippen molar-refractivity contribution in [1.82, 2.24) is 9.97 Å². The van der Waals surface area contributed by atoms with Gasteiger partial charge < -0.3 is 5.11 Å². The molecule has 3 rings (SSSR count). The highest BCUT2D eigenvalue weighted by Gasteiger charge is 2.23. The number of carboxylic acids is 1. The molecule has 0 aliphatic heterocycles. The van der Waals surface area contributed by atoms with E-state index in [4.69, 9.17) is 0 Å². The topological polar surface area (TPSA) is 63.1 Å². The zero-order valence-electron chi connectivity index (χ0n) is 19.2. The van der Waals surface area contributed by atoms with Crippen molar-refractivity contribution in [3.05, 3.63) is 52.5 Å². The van der Waals surface area contributed by atoms with Crippen LogP contribution in [0.25, 0.3) is 17.3 Å². The van der Waals surface area contributed by atoms with Crippen LogP contribution in [-0.4, -0.2) is 21.0 Å². The maximum Gasteiger partial charge on any atom is 0.373 e. The van der Waals surface area contributed by atoms with Crippen molar-refractivity contribution in [1.29, 1.82) is 0 Å². The molecule has 1 saturated carbocycles. The van der Waals surface area contributed by atoms with E-state index in [1.165, 1.54) is 36.0 Å². The zero-order chi connectivity index (χ0) is 22.1. The number of nitrogens with zero attached hydrogens (tertiary/aromatic N) is 2. The lowest BCUT2D eigenvalue weighted by molar-refractivity contribution is 0.0683. The van der Waals surface area contributed by atoms with E-state index in [1.54, 1.807) is 6.20 Å². The molecule has 1 fully saturated rings. The van der Waals surface area contributed by atoms with E-state index in [0.717, 1.165) is 24.0 Å². The molecule has 4 nitrogen and oxygen atoms in total. The van der Waals surface area contributed by atoms with Crippen LogP contribution in [0.4, 0.5) is 0 Å². The standard InChI is InChI=1S/C26H34N2O2/c1-25(2,3)20-13-18(14-21(15-20)26(4,5)6)22-19(12-17-10-8-7-9-11-17)16-27-23(28-22)24(29)30/h12-16H,7-11H2,1-6H3,(H,29,30). The van der Waals surface area contributed by atoms with Crippen LogP contribution in [0, 0.1) is 0 Å². The molecule has 1 heterocycles. The van der Waals surface area contributed by atoms with Gasteiger partial charge in [-0.3, -0.25) is 0 Å². The number of hydrogen-bond donors (Lipinski definition) is 1. The smallest absolute Gasteiger partial charge is 0.373 e. The summed E-state index contributed by atoms with van der Waals surface area (Å²) in [6.07, 6.45) is 9.74. The number of carboxylic acid groups (broad SMARTS) is 1. The Balaban J connectivity index is 2.24. The Morgan fingerprint density at radius 2 is 1.50 bits per heavy atom. The molecule has 1 aliphatic rings. The SMILES string of the molecule is CC(C)(C)c1cc(-c2nc(C(=O)O)ncc2C=C2CCCCC2)cc(C(C)(C)C)c1. The summed E-state index contributed by atoms with van der Waals surface area (Å²) in [5.74, 6) is -1.26. The van der Waals surface area contributed by atoms with Gasteiger partial charge >= 0.3 is 5.97 Å². The third-order valence-corrected chi connectivity index (χ3v) is 5.80. The quantitative estimate of drug-likeness (QED) is 0.610. The van der Waals surface area contributed by atoms with Gasteiger partial charge in [0, 0.05) is 17.3 Å². The Labute approximate surface area is 180 Å². The van der Waals surface area contributed by atoms with Crippen LogP contribution < -0.4 is 0 Å². The van der Waals surface area contributed by atoms with Gasteiger partial charge in [0.25, 0.3) is 0 Å². The van der Waals surface area contributed by atoms with E-state index in [1.807, 2.05) is 0 Å². The number of aromatic nitrogens is 2. The molecule has 2 aromatic rings. The van der Waals surface area contributed by atoms with Gasteiger partial charge in [0.05, 0.1) is 5.69 Å². The summed E-state index contributed by atoms with van der Waals surface area (Å²) < 4.78 is 0. The molecule has 1 aliphatic carbocycles. The third kappa shape index (κ3) is 5.16. The first-order valence-electron chi connectivity index (χ1n) is 10.9. The first kappa shape index (κ1) is 22.2. The zero-order valence-corrected chi connectivity index (χ0v) is 19.2. The van der Waals surface area contributed by atoms with Gasteiger partial charge in [-0.2, -0.15) is 0 Å². The summed E-state index contributed by atoms with van der Waals surface area (Å²) in [4.78, 5) is 20.2. The Kier molecular flexibility index (Phi) is 6.16. The van der Waals surface area contributed by atoms with Gasteiger partial charge in [0.15, 0.2) is 0 Å². The van der Waals surface area contributed by atoms with E-state index in [0.29, 0.717) is 5.69 Å². The van der Waals surface area contributed by atoms with Crippen LogP contribution in [0.5, 0.6) is 0 Å². The van der Waals surface area contributed by atoms with Crippen molar-refractivity contribution >= 4 is 12.0 Å². The van der Waals surface area contributed by atoms with Crippen LogP contribution >= 0.6 is 0 Å². The third-order valence-electron chi connectivity index (χ3n) is 5.80. The Bertz CT molecular complexity index is 935. The van der Waals surface area contributed by atoms with E-state index < -0.39 is 5.97 Å². The fourth-order valence-electron chi connectivity index (χ4n) is 3.83. The summed E-state index contributed by atoms with van der Waals surface area (Å²) in [5, 5.41) is 9.50. The Hall–Kier alpha value is -2.49. The molecule has 1 N–H and O–H groups in total. The van der Waals surface area contributed by atoms with Gasteiger partial charge in [-0.05, 0) is 59.8 Å². The van der Waals surface area contributed by atoms with Crippen LogP contribution in [0.3, 0.4) is 0 Å². The molecular weight excluding hydrogens is 372 g/mol. The second-order valence-corrected chi connectivity index (χ2v) is 10.5. The predicted molar refractivity (Wildman–Crippen MR) is 123 cm³/mol. The molecule has 1 aromatic carbocycles. The lowest BCUT2D eigenvalue weighted by Crippen LogP contribution is -2.17. The van der Waals surface area contributed by atoms with Crippen LogP contribution in [-0.2, 0) is 10.8 Å². The highest BCUT2D eigenvalue weighted by Crippen LogP contribution is 2.35. The molecule has 0 atom stereocenters. The predicted octanol–water partition coefficient (Wildman–Crippen LogP) is 6.78. The lowest BCUT2D eigenvalue weighted by Gasteiger charge is -2.26. The number of aromatic carboxylic acids is 1. The number of allylic oxidation sites excluding steroid dienone is 1. The summed E-state index contributed by atoms with van der Waals surface area (Å²) >= 11 is 0. The Morgan fingerprint density at radius 1 is 0.933 bits per heavy atom. The van der Waals surface area contributed by atoms with Crippen molar-refractivity contribution in [2.24, 2.45) is 0 Å². The van der Waals surface area contributed by atoms with Gasteiger partial charge in [0.1, 0.15) is 0 Å². The molecular formula is C26H34N2O2. The largest absolute Gasteiger partial charge is 0.475 e. The second-order valence-electron chi connectivity index (χ2n) is 10.5. The van der Waals surface area contributed by atoms with Crippen molar-refractivity contribution in [2.75, 3.05) is 0 Å². The summed E-state index contributed by atoms with van der Waals surface area (Å²) in [6, 6.07) is 6.58. The summed E-state index contributed by atoms with van der Waals surface area (Å²) in [5.41, 5.74) is 6.35. The summed E-state index contributed by atoms with van der Waals surface area (Å²) in [6.45, 7) is 13.2. The molecule has 0 amide bonds. The number of benzene rings is 1. The number of hydrogen-bond acceptors (Lipinski definition) is 3. The van der Waals surface area contributed by atoms with E-state index in [9.17, 15) is 9.90 Å².